The number of fused-ring (bicyclic) bond motifs is 1. The molecule has 2 atom stereocenters. The summed E-state index contributed by atoms with van der Waals surface area (Å²) in [5.74, 6) is -1.97. The summed E-state index contributed by atoms with van der Waals surface area (Å²) in [6.07, 6.45) is 2.71. The summed E-state index contributed by atoms with van der Waals surface area (Å²) in [4.78, 5) is 31.0. The number of benzene rings is 1. The van der Waals surface area contributed by atoms with E-state index < -0.39 is 33.2 Å². The Bertz CT molecular complexity index is 1120. The maximum absolute atomic E-state index is 12.5. The van der Waals surface area contributed by atoms with Gasteiger partial charge in [0.2, 0.25) is 5.91 Å². The molecule has 0 aliphatic carbocycles. The molecule has 0 saturated carbocycles. The first-order chi connectivity index (χ1) is 14.2. The number of rotatable bonds is 6. The number of hydrogen-bond donors (Lipinski definition) is 0. The molecule has 0 radical (unpaired) electrons. The average Bonchev–Trinajstić information content (AvgIpc) is 2.97. The van der Waals surface area contributed by atoms with Gasteiger partial charge in [-0.1, -0.05) is 43.4 Å². The molecule has 0 bridgehead atoms. The summed E-state index contributed by atoms with van der Waals surface area (Å²) in [5, 5.41) is 0. The first-order valence-corrected chi connectivity index (χ1v) is 12.6. The number of amides is 2. The minimum atomic E-state index is -3.90. The minimum Gasteiger partial charge on any atom is -0.341 e. The van der Waals surface area contributed by atoms with Crippen LogP contribution >= 0.6 is 11.3 Å². The molecule has 1 aromatic heterocycles. The number of nitrogens with zero attached hydrogens (tertiary/aromatic N) is 3. The lowest BCUT2D eigenvalue weighted by Crippen LogP contribution is -2.45. The van der Waals surface area contributed by atoms with Crippen molar-refractivity contribution >= 4 is 43.2 Å². The second-order valence-corrected chi connectivity index (χ2v) is 11.1. The number of piperidine rings is 1. The van der Waals surface area contributed by atoms with Gasteiger partial charge >= 0.3 is 0 Å². The van der Waals surface area contributed by atoms with Gasteiger partial charge in [-0.3, -0.25) is 9.59 Å². The normalized spacial score (nSPS) is 20.5. The Morgan fingerprint density at radius 3 is 2.53 bits per heavy atom. The van der Waals surface area contributed by atoms with Gasteiger partial charge in [0.25, 0.3) is 5.91 Å². The molecular formula is C21H27N3O4S2. The predicted molar refractivity (Wildman–Crippen MR) is 119 cm³/mol. The molecule has 7 nitrogen and oxygen atoms in total. The molecular weight excluding hydrogens is 422 g/mol. The summed E-state index contributed by atoms with van der Waals surface area (Å²) in [6, 6.07) is 7.60. The van der Waals surface area contributed by atoms with Crippen molar-refractivity contribution in [1.29, 1.82) is 0 Å². The SMILES string of the molecule is C=CCn1c(=NC(=O)CS(=O)(=O)CC(=O)N2CC(C)CC(C)C2)sc2ccccc21. The molecule has 2 heterocycles. The molecule has 2 unspecified atom stereocenters. The van der Waals surface area contributed by atoms with Gasteiger partial charge < -0.3 is 9.47 Å². The first-order valence-electron chi connectivity index (χ1n) is 9.93. The van der Waals surface area contributed by atoms with E-state index in [1.807, 2.05) is 28.8 Å². The second kappa shape index (κ2) is 9.26. The lowest BCUT2D eigenvalue weighted by molar-refractivity contribution is -0.131. The Labute approximate surface area is 180 Å². The van der Waals surface area contributed by atoms with Crippen molar-refractivity contribution < 1.29 is 18.0 Å². The van der Waals surface area contributed by atoms with E-state index >= 15 is 0 Å². The number of carbonyl (C=O) groups is 2. The van der Waals surface area contributed by atoms with Crippen LogP contribution in [0.15, 0.2) is 41.9 Å². The van der Waals surface area contributed by atoms with Crippen LogP contribution in [0.25, 0.3) is 10.2 Å². The van der Waals surface area contributed by atoms with Crippen LogP contribution in [-0.4, -0.2) is 54.3 Å². The summed E-state index contributed by atoms with van der Waals surface area (Å²) in [5.41, 5.74) is 0.903. The van der Waals surface area contributed by atoms with Crippen molar-refractivity contribution in [3.05, 3.63) is 41.7 Å². The van der Waals surface area contributed by atoms with Crippen molar-refractivity contribution in [2.24, 2.45) is 16.8 Å². The van der Waals surface area contributed by atoms with E-state index in [0.717, 1.165) is 16.6 Å². The fourth-order valence-corrected chi connectivity index (χ4v) is 6.09. The topological polar surface area (TPSA) is 88.8 Å². The number of allylic oxidation sites excluding steroid dienone is 1. The van der Waals surface area contributed by atoms with Gasteiger partial charge in [-0.2, -0.15) is 4.99 Å². The first kappa shape index (κ1) is 22.4. The molecule has 1 saturated heterocycles. The van der Waals surface area contributed by atoms with Crippen LogP contribution in [0.3, 0.4) is 0 Å². The number of hydrogen-bond acceptors (Lipinski definition) is 5. The lowest BCUT2D eigenvalue weighted by atomic mass is 9.92. The van der Waals surface area contributed by atoms with Crippen molar-refractivity contribution in [2.45, 2.75) is 26.8 Å². The molecule has 0 N–H and O–H groups in total. The van der Waals surface area contributed by atoms with Crippen LogP contribution < -0.4 is 4.80 Å². The third kappa shape index (κ3) is 5.46. The van der Waals surface area contributed by atoms with Crippen LogP contribution in [-0.2, 0) is 26.0 Å². The van der Waals surface area contributed by atoms with Crippen molar-refractivity contribution in [3.63, 3.8) is 0 Å². The summed E-state index contributed by atoms with van der Waals surface area (Å²) in [6.45, 7) is 9.40. The number of sulfone groups is 1. The third-order valence-electron chi connectivity index (χ3n) is 5.03. The van der Waals surface area contributed by atoms with Gasteiger partial charge in [-0.15, -0.1) is 6.58 Å². The zero-order chi connectivity index (χ0) is 21.9. The molecule has 1 aliphatic rings. The Balaban J connectivity index is 1.75. The number of thiazole rings is 1. The molecule has 3 rings (SSSR count). The number of likely N-dealkylation sites (tertiary alicyclic amines) is 1. The summed E-state index contributed by atoms with van der Waals surface area (Å²) < 4.78 is 27.7. The molecule has 2 aromatic rings. The van der Waals surface area contributed by atoms with Crippen LogP contribution in [0.4, 0.5) is 0 Å². The number of carbonyl (C=O) groups excluding carboxylic acids is 2. The second-order valence-electron chi connectivity index (χ2n) is 8.03. The van der Waals surface area contributed by atoms with E-state index in [1.54, 1.807) is 11.0 Å². The molecule has 9 heteroatoms. The maximum Gasteiger partial charge on any atom is 0.263 e. The van der Waals surface area contributed by atoms with Gasteiger partial charge in [0.1, 0.15) is 11.5 Å². The van der Waals surface area contributed by atoms with Crippen LogP contribution in [0, 0.1) is 11.8 Å². The maximum atomic E-state index is 12.5. The van der Waals surface area contributed by atoms with Crippen molar-refractivity contribution in [2.75, 3.05) is 24.6 Å². The van der Waals surface area contributed by atoms with E-state index in [1.165, 1.54) is 11.3 Å². The van der Waals surface area contributed by atoms with E-state index in [2.05, 4.69) is 25.4 Å². The Kier molecular flexibility index (Phi) is 6.92. The lowest BCUT2D eigenvalue weighted by Gasteiger charge is -2.34. The highest BCUT2D eigenvalue weighted by Gasteiger charge is 2.29. The minimum absolute atomic E-state index is 0.338. The molecule has 30 heavy (non-hydrogen) atoms. The molecule has 2 amide bonds. The van der Waals surface area contributed by atoms with Crippen molar-refractivity contribution in [1.82, 2.24) is 9.47 Å². The zero-order valence-electron chi connectivity index (χ0n) is 17.3. The fourth-order valence-electron chi connectivity index (χ4n) is 3.94. The van der Waals surface area contributed by atoms with E-state index in [9.17, 15) is 18.0 Å². The van der Waals surface area contributed by atoms with Gasteiger partial charge in [0.15, 0.2) is 14.6 Å². The van der Waals surface area contributed by atoms with E-state index in [4.69, 9.17) is 0 Å². The zero-order valence-corrected chi connectivity index (χ0v) is 18.9. The molecule has 1 aliphatic heterocycles. The quantitative estimate of drug-likeness (QED) is 0.633. The predicted octanol–water partition coefficient (Wildman–Crippen LogP) is 2.24. The monoisotopic (exact) mass is 449 g/mol. The molecule has 1 fully saturated rings. The van der Waals surface area contributed by atoms with Crippen molar-refractivity contribution in [3.8, 4) is 0 Å². The summed E-state index contributed by atoms with van der Waals surface area (Å²) in [7, 11) is -3.90. The third-order valence-corrected chi connectivity index (χ3v) is 7.46. The standard InChI is InChI=1S/C21H27N3O4S2/c1-4-9-24-17-7-5-6-8-18(17)29-21(24)22-19(25)13-30(27,28)14-20(26)23-11-15(2)10-16(3)12-23/h4-8,15-16H,1,9-14H2,2-3H3. The van der Waals surface area contributed by atoms with Gasteiger partial charge in [0.05, 0.1) is 10.2 Å². The molecule has 162 valence electrons. The summed E-state index contributed by atoms with van der Waals surface area (Å²) >= 11 is 1.31. The number of para-hydroxylation sites is 1. The Hall–Kier alpha value is -2.26. The van der Waals surface area contributed by atoms with E-state index in [-0.39, 0.29) is 0 Å². The highest BCUT2D eigenvalue weighted by Crippen LogP contribution is 2.21. The van der Waals surface area contributed by atoms with Crippen LogP contribution in [0.5, 0.6) is 0 Å². The average molecular weight is 450 g/mol. The molecule has 1 aromatic carbocycles. The van der Waals surface area contributed by atoms with Gasteiger partial charge in [-0.25, -0.2) is 8.42 Å². The highest BCUT2D eigenvalue weighted by molar-refractivity contribution is 7.92. The van der Waals surface area contributed by atoms with Gasteiger partial charge in [0, 0.05) is 19.6 Å². The molecule has 0 spiro atoms. The van der Waals surface area contributed by atoms with Crippen LogP contribution in [0.2, 0.25) is 0 Å². The highest BCUT2D eigenvalue weighted by atomic mass is 32.2. The smallest absolute Gasteiger partial charge is 0.263 e. The largest absolute Gasteiger partial charge is 0.341 e. The Morgan fingerprint density at radius 1 is 1.20 bits per heavy atom. The Morgan fingerprint density at radius 2 is 1.87 bits per heavy atom. The van der Waals surface area contributed by atoms with Crippen LogP contribution in [0.1, 0.15) is 20.3 Å². The number of aromatic nitrogens is 1. The fraction of sp³-hybridized carbons (Fsp3) is 0.476. The van der Waals surface area contributed by atoms with Gasteiger partial charge in [-0.05, 0) is 30.4 Å². The van der Waals surface area contributed by atoms with E-state index in [0.29, 0.717) is 36.3 Å².